The minimum absolute atomic E-state index is 0.799. The highest BCUT2D eigenvalue weighted by molar-refractivity contribution is 5.05. The number of hydrogen-bond acceptors (Lipinski definition) is 1. The summed E-state index contributed by atoms with van der Waals surface area (Å²) in [5.41, 5.74) is 0. The van der Waals surface area contributed by atoms with Gasteiger partial charge in [-0.1, -0.05) is 19.1 Å². The highest BCUT2D eigenvalue weighted by Crippen LogP contribution is 2.01. The van der Waals surface area contributed by atoms with Gasteiger partial charge < -0.3 is 5.32 Å². The van der Waals surface area contributed by atoms with Gasteiger partial charge in [-0.15, -0.1) is 0 Å². The Kier molecular flexibility index (Phi) is 6.19. The topological polar surface area (TPSA) is 12.0 Å². The molecule has 1 aromatic carbocycles. The van der Waals surface area contributed by atoms with Crippen molar-refractivity contribution in [2.45, 2.75) is 6.92 Å². The van der Waals surface area contributed by atoms with E-state index in [1.54, 1.807) is 0 Å². The molecule has 0 saturated heterocycles. The van der Waals surface area contributed by atoms with Gasteiger partial charge in [-0.25, -0.2) is 8.78 Å². The van der Waals surface area contributed by atoms with Gasteiger partial charge in [0.25, 0.3) is 0 Å². The van der Waals surface area contributed by atoms with Crippen LogP contribution in [0.25, 0.3) is 0 Å². The summed E-state index contributed by atoms with van der Waals surface area (Å²) < 4.78 is 23.9. The Bertz CT molecular complexity index is 190. The highest BCUT2D eigenvalue weighted by Gasteiger charge is 1.93. The molecule has 0 heterocycles. The van der Waals surface area contributed by atoms with Crippen molar-refractivity contribution in [2.75, 3.05) is 13.6 Å². The van der Waals surface area contributed by atoms with Crippen molar-refractivity contribution in [2.24, 2.45) is 0 Å². The zero-order valence-corrected chi connectivity index (χ0v) is 7.27. The van der Waals surface area contributed by atoms with Gasteiger partial charge in [0.2, 0.25) is 0 Å². The van der Waals surface area contributed by atoms with Crippen LogP contribution in [-0.4, -0.2) is 13.6 Å². The Balaban J connectivity index is 0.000000261. The molecule has 0 radical (unpaired) electrons. The second-order valence-electron chi connectivity index (χ2n) is 2.12. The first-order valence-electron chi connectivity index (χ1n) is 3.77. The molecule has 0 aromatic heterocycles. The van der Waals surface area contributed by atoms with E-state index in [1.165, 1.54) is 12.1 Å². The molecule has 1 nitrogen and oxygen atoms in total. The van der Waals surface area contributed by atoms with E-state index in [0.29, 0.717) is 0 Å². The van der Waals surface area contributed by atoms with Crippen LogP contribution in [0.4, 0.5) is 8.78 Å². The van der Waals surface area contributed by atoms with Gasteiger partial charge in [0.15, 0.2) is 11.6 Å². The van der Waals surface area contributed by atoms with Gasteiger partial charge in [0.1, 0.15) is 0 Å². The van der Waals surface area contributed by atoms with Gasteiger partial charge in [-0.2, -0.15) is 0 Å². The first-order valence-corrected chi connectivity index (χ1v) is 3.77. The molecule has 12 heavy (non-hydrogen) atoms. The third kappa shape index (κ3) is 4.79. The molecule has 1 N–H and O–H groups in total. The fraction of sp³-hybridized carbons (Fsp3) is 0.333. The van der Waals surface area contributed by atoms with Gasteiger partial charge in [0, 0.05) is 0 Å². The molecule has 68 valence electrons. The summed E-state index contributed by atoms with van der Waals surface area (Å²) in [6.07, 6.45) is 0. The Morgan fingerprint density at radius 2 is 1.50 bits per heavy atom. The van der Waals surface area contributed by atoms with E-state index >= 15 is 0 Å². The molecule has 0 unspecified atom stereocenters. The molecule has 0 amide bonds. The molecule has 1 rings (SSSR count). The van der Waals surface area contributed by atoms with E-state index in [0.717, 1.165) is 18.7 Å². The number of rotatable bonds is 1. The van der Waals surface area contributed by atoms with Crippen LogP contribution in [0.3, 0.4) is 0 Å². The average molecular weight is 173 g/mol. The van der Waals surface area contributed by atoms with E-state index in [4.69, 9.17) is 0 Å². The molecule has 0 aliphatic heterocycles. The van der Waals surface area contributed by atoms with Crippen molar-refractivity contribution < 1.29 is 8.78 Å². The van der Waals surface area contributed by atoms with Gasteiger partial charge in [-0.05, 0) is 25.7 Å². The molecule has 0 spiro atoms. The molecule has 0 saturated carbocycles. The van der Waals surface area contributed by atoms with Crippen molar-refractivity contribution in [3.63, 3.8) is 0 Å². The fourth-order valence-electron chi connectivity index (χ4n) is 0.439. The van der Waals surface area contributed by atoms with Crippen LogP contribution in [-0.2, 0) is 0 Å². The molecular weight excluding hydrogens is 160 g/mol. The van der Waals surface area contributed by atoms with Crippen LogP contribution in [0.5, 0.6) is 0 Å². The van der Waals surface area contributed by atoms with E-state index in [9.17, 15) is 8.78 Å². The second-order valence-corrected chi connectivity index (χ2v) is 2.12. The Labute approximate surface area is 71.4 Å². The number of halogens is 2. The Morgan fingerprint density at radius 1 is 1.17 bits per heavy atom. The van der Waals surface area contributed by atoms with Gasteiger partial charge in [0.05, 0.1) is 0 Å². The van der Waals surface area contributed by atoms with Crippen molar-refractivity contribution in [1.82, 2.24) is 5.32 Å². The largest absolute Gasteiger partial charge is 0.320 e. The molecule has 0 fully saturated rings. The lowest BCUT2D eigenvalue weighted by molar-refractivity contribution is 0.508. The summed E-state index contributed by atoms with van der Waals surface area (Å²) in [6.45, 7) is 3.14. The third-order valence-electron chi connectivity index (χ3n) is 1.18. The highest BCUT2D eigenvalue weighted by atomic mass is 19.2. The predicted octanol–water partition coefficient (Wildman–Crippen LogP) is 2.19. The summed E-state index contributed by atoms with van der Waals surface area (Å²) >= 11 is 0. The average Bonchev–Trinajstić information content (AvgIpc) is 2.11. The lowest BCUT2D eigenvalue weighted by Crippen LogP contribution is -2.01. The van der Waals surface area contributed by atoms with E-state index in [-0.39, 0.29) is 0 Å². The standard InChI is InChI=1S/C6H4F2.C3H9N/c7-5-3-1-2-4-6(5)8;1-3-4-2/h1-4H;4H,3H2,1-2H3. The third-order valence-corrected chi connectivity index (χ3v) is 1.18. The van der Waals surface area contributed by atoms with Crippen molar-refractivity contribution in [3.8, 4) is 0 Å². The van der Waals surface area contributed by atoms with Crippen molar-refractivity contribution in [3.05, 3.63) is 35.9 Å². The number of nitrogens with one attached hydrogen (secondary N) is 1. The number of hydrogen-bond donors (Lipinski definition) is 1. The van der Waals surface area contributed by atoms with Crippen molar-refractivity contribution in [1.29, 1.82) is 0 Å². The minimum Gasteiger partial charge on any atom is -0.320 e. The molecule has 1 aromatic rings. The predicted molar refractivity (Wildman–Crippen MR) is 46.0 cm³/mol. The summed E-state index contributed by atoms with van der Waals surface area (Å²) in [6, 6.07) is 5.04. The molecule has 0 bridgehead atoms. The SMILES string of the molecule is CCNC.Fc1ccccc1F. The monoisotopic (exact) mass is 173 g/mol. The van der Waals surface area contributed by atoms with Crippen LogP contribution in [0.2, 0.25) is 0 Å². The molecule has 3 heteroatoms. The van der Waals surface area contributed by atoms with Crippen molar-refractivity contribution >= 4 is 0 Å². The van der Waals surface area contributed by atoms with Crippen LogP contribution in [0.1, 0.15) is 6.92 Å². The Morgan fingerprint density at radius 3 is 1.67 bits per heavy atom. The van der Waals surface area contributed by atoms with Crippen LogP contribution in [0, 0.1) is 11.6 Å². The molecule has 0 aliphatic rings. The lowest BCUT2D eigenvalue weighted by Gasteiger charge is -1.85. The van der Waals surface area contributed by atoms with Crippen LogP contribution >= 0.6 is 0 Å². The summed E-state index contributed by atoms with van der Waals surface area (Å²) in [5, 5.41) is 2.93. The second kappa shape index (κ2) is 6.73. The maximum absolute atomic E-state index is 11.9. The minimum atomic E-state index is -0.799. The summed E-state index contributed by atoms with van der Waals surface area (Å²) in [4.78, 5) is 0. The maximum Gasteiger partial charge on any atom is 0.158 e. The zero-order chi connectivity index (χ0) is 9.40. The normalized spacial score (nSPS) is 8.67. The molecular formula is C9H13F2N. The first-order chi connectivity index (χ1) is 5.72. The van der Waals surface area contributed by atoms with Crippen LogP contribution in [0.15, 0.2) is 24.3 Å². The first kappa shape index (κ1) is 11.0. The molecule has 0 aliphatic carbocycles. The van der Waals surface area contributed by atoms with Crippen LogP contribution < -0.4 is 5.32 Å². The van der Waals surface area contributed by atoms with Gasteiger partial charge in [-0.3, -0.25) is 0 Å². The zero-order valence-electron chi connectivity index (χ0n) is 7.27. The Hall–Kier alpha value is -0.960. The quantitative estimate of drug-likeness (QED) is 0.686. The fourth-order valence-corrected chi connectivity index (χ4v) is 0.439. The number of benzene rings is 1. The molecule has 0 atom stereocenters. The van der Waals surface area contributed by atoms with E-state index in [1.807, 2.05) is 7.05 Å². The summed E-state index contributed by atoms with van der Waals surface area (Å²) in [5.74, 6) is -1.60. The van der Waals surface area contributed by atoms with E-state index in [2.05, 4.69) is 12.2 Å². The maximum atomic E-state index is 11.9. The lowest BCUT2D eigenvalue weighted by atomic mass is 10.3. The van der Waals surface area contributed by atoms with E-state index < -0.39 is 11.6 Å². The summed E-state index contributed by atoms with van der Waals surface area (Å²) in [7, 11) is 1.93. The smallest absolute Gasteiger partial charge is 0.158 e. The van der Waals surface area contributed by atoms with Gasteiger partial charge >= 0.3 is 0 Å².